The van der Waals surface area contributed by atoms with Gasteiger partial charge in [0.25, 0.3) is 0 Å². The summed E-state index contributed by atoms with van der Waals surface area (Å²) in [6, 6.07) is 0. The van der Waals surface area contributed by atoms with E-state index in [4.69, 9.17) is 4.74 Å². The Bertz CT molecular complexity index is 174. The van der Waals surface area contributed by atoms with Crippen LogP contribution < -0.4 is 0 Å². The van der Waals surface area contributed by atoms with Gasteiger partial charge in [-0.05, 0) is 32.3 Å². The van der Waals surface area contributed by atoms with Crippen LogP contribution in [0.2, 0.25) is 0 Å². The molecule has 0 N–H and O–H groups in total. The fourth-order valence-electron chi connectivity index (χ4n) is 0.727. The minimum atomic E-state index is 0.0839. The summed E-state index contributed by atoms with van der Waals surface area (Å²) < 4.78 is 5.16. The molecule has 0 bridgehead atoms. The van der Waals surface area contributed by atoms with E-state index in [0.29, 0.717) is 0 Å². The molecule has 1 fully saturated rings. The third-order valence-corrected chi connectivity index (χ3v) is 1.49. The molecule has 0 radical (unpaired) electrons. The number of ketones is 1. The van der Waals surface area contributed by atoms with Crippen molar-refractivity contribution in [1.29, 1.82) is 0 Å². The third kappa shape index (κ3) is 2.21. The second-order valence-corrected chi connectivity index (χ2v) is 2.65. The molecule has 0 aromatic carbocycles. The van der Waals surface area contributed by atoms with Crippen molar-refractivity contribution in [2.24, 2.45) is 0 Å². The molecule has 1 rings (SSSR count). The van der Waals surface area contributed by atoms with Crippen LogP contribution in [0.5, 0.6) is 0 Å². The Morgan fingerprint density at radius 3 is 2.50 bits per heavy atom. The molecule has 1 aliphatic rings. The molecule has 0 atom stereocenters. The molecule has 0 saturated heterocycles. The van der Waals surface area contributed by atoms with Crippen molar-refractivity contribution in [3.8, 4) is 0 Å². The fraction of sp³-hybridized carbons (Fsp3) is 0.625. The Balaban J connectivity index is 2.25. The average molecular weight is 140 g/mol. The summed E-state index contributed by atoms with van der Waals surface area (Å²) in [5.41, 5.74) is 1.36. The molecule has 0 heterocycles. The van der Waals surface area contributed by atoms with Gasteiger partial charge < -0.3 is 4.74 Å². The molecular weight excluding hydrogens is 128 g/mol. The van der Waals surface area contributed by atoms with Gasteiger partial charge in [-0.1, -0.05) is 0 Å². The summed E-state index contributed by atoms with van der Waals surface area (Å²) in [5.74, 6) is 1.04. The number of ether oxygens (including phenoxy) is 1. The number of hydrogen-bond acceptors (Lipinski definition) is 2. The van der Waals surface area contributed by atoms with E-state index < -0.39 is 0 Å². The maximum Gasteiger partial charge on any atom is 0.167 e. The molecule has 1 saturated carbocycles. The van der Waals surface area contributed by atoms with E-state index >= 15 is 0 Å². The monoisotopic (exact) mass is 140 g/mol. The van der Waals surface area contributed by atoms with Gasteiger partial charge in [-0.2, -0.15) is 0 Å². The summed E-state index contributed by atoms with van der Waals surface area (Å²) in [5, 5.41) is 0. The van der Waals surface area contributed by atoms with Gasteiger partial charge in [-0.15, -0.1) is 0 Å². The maximum absolute atomic E-state index is 10.4. The van der Waals surface area contributed by atoms with Crippen molar-refractivity contribution < 1.29 is 9.53 Å². The van der Waals surface area contributed by atoms with Crippen LogP contribution in [-0.4, -0.2) is 12.4 Å². The first-order valence-corrected chi connectivity index (χ1v) is 3.51. The molecule has 2 heteroatoms. The zero-order valence-corrected chi connectivity index (χ0v) is 6.44. The molecule has 0 aromatic heterocycles. The average Bonchev–Trinajstić information content (AvgIpc) is 2.63. The highest BCUT2D eigenvalue weighted by molar-refractivity contribution is 5.76. The van der Waals surface area contributed by atoms with Crippen LogP contribution in [0.4, 0.5) is 0 Å². The number of hydrogen-bond donors (Lipinski definition) is 0. The van der Waals surface area contributed by atoms with E-state index in [1.807, 2.05) is 6.92 Å². The molecule has 2 nitrogen and oxygen atoms in total. The zero-order chi connectivity index (χ0) is 7.56. The van der Waals surface area contributed by atoms with Crippen molar-refractivity contribution in [2.75, 3.05) is 6.61 Å². The summed E-state index contributed by atoms with van der Waals surface area (Å²) in [7, 11) is 0. The minimum absolute atomic E-state index is 0.0839. The molecule has 0 spiro atoms. The van der Waals surface area contributed by atoms with Crippen LogP contribution in [0.15, 0.2) is 11.3 Å². The molecular formula is C8H12O2. The van der Waals surface area contributed by atoms with Crippen molar-refractivity contribution in [3.05, 3.63) is 11.3 Å². The topological polar surface area (TPSA) is 26.3 Å². The molecule has 0 aromatic rings. The van der Waals surface area contributed by atoms with Crippen molar-refractivity contribution in [3.63, 3.8) is 0 Å². The van der Waals surface area contributed by atoms with Crippen LogP contribution in [0.1, 0.15) is 26.7 Å². The van der Waals surface area contributed by atoms with Gasteiger partial charge in [0.15, 0.2) is 5.78 Å². The first-order valence-electron chi connectivity index (χ1n) is 3.51. The van der Waals surface area contributed by atoms with Gasteiger partial charge in [0, 0.05) is 0 Å². The predicted molar refractivity (Wildman–Crippen MR) is 38.6 cm³/mol. The van der Waals surface area contributed by atoms with Gasteiger partial charge in [0.1, 0.15) is 6.61 Å². The van der Waals surface area contributed by atoms with E-state index in [2.05, 4.69) is 0 Å². The largest absolute Gasteiger partial charge is 0.491 e. The normalized spacial score (nSPS) is 14.8. The van der Waals surface area contributed by atoms with Crippen LogP contribution in [0, 0.1) is 0 Å². The van der Waals surface area contributed by atoms with Gasteiger partial charge >= 0.3 is 0 Å². The molecule has 56 valence electrons. The van der Waals surface area contributed by atoms with E-state index in [-0.39, 0.29) is 12.4 Å². The second-order valence-electron chi connectivity index (χ2n) is 2.65. The summed E-state index contributed by atoms with van der Waals surface area (Å²) >= 11 is 0. The van der Waals surface area contributed by atoms with Crippen molar-refractivity contribution >= 4 is 5.78 Å². The number of rotatable bonds is 3. The Kier molecular flexibility index (Phi) is 2.10. The first-order chi connectivity index (χ1) is 4.70. The molecule has 1 aliphatic carbocycles. The van der Waals surface area contributed by atoms with Crippen LogP contribution in [-0.2, 0) is 9.53 Å². The summed E-state index contributed by atoms with van der Waals surface area (Å²) in [4.78, 5) is 10.4. The Morgan fingerprint density at radius 2 is 2.10 bits per heavy atom. The Labute approximate surface area is 60.9 Å². The SMILES string of the molecule is CC(=O)COC(C)=C1CC1. The molecule has 10 heavy (non-hydrogen) atoms. The molecule has 0 aliphatic heterocycles. The highest BCUT2D eigenvalue weighted by atomic mass is 16.5. The van der Waals surface area contributed by atoms with Gasteiger partial charge in [0.05, 0.1) is 5.76 Å². The number of Topliss-reactive ketones (excluding diaryl/α,β-unsaturated/α-hetero) is 1. The lowest BCUT2D eigenvalue weighted by atomic mass is 10.4. The molecule has 0 unspecified atom stereocenters. The lowest BCUT2D eigenvalue weighted by molar-refractivity contribution is -0.120. The third-order valence-electron chi connectivity index (χ3n) is 1.49. The first kappa shape index (κ1) is 7.32. The smallest absolute Gasteiger partial charge is 0.167 e. The van der Waals surface area contributed by atoms with Gasteiger partial charge in [-0.25, -0.2) is 0 Å². The quantitative estimate of drug-likeness (QED) is 0.557. The predicted octanol–water partition coefficient (Wildman–Crippen LogP) is 1.66. The standard InChI is InChI=1S/C8H12O2/c1-6(9)5-10-7(2)8-3-4-8/h3-5H2,1-2H3. The highest BCUT2D eigenvalue weighted by Gasteiger charge is 2.15. The number of carbonyl (C=O) groups excluding carboxylic acids is 1. The molecule has 0 amide bonds. The van der Waals surface area contributed by atoms with Gasteiger partial charge in [-0.3, -0.25) is 4.79 Å². The van der Waals surface area contributed by atoms with E-state index in [1.54, 1.807) is 0 Å². The summed E-state index contributed by atoms with van der Waals surface area (Å²) in [6.07, 6.45) is 2.31. The fourth-order valence-corrected chi connectivity index (χ4v) is 0.727. The Hall–Kier alpha value is -0.790. The lowest BCUT2D eigenvalue weighted by Gasteiger charge is -2.01. The lowest BCUT2D eigenvalue weighted by Crippen LogP contribution is -2.01. The van der Waals surface area contributed by atoms with E-state index in [0.717, 1.165) is 18.6 Å². The van der Waals surface area contributed by atoms with Crippen molar-refractivity contribution in [2.45, 2.75) is 26.7 Å². The van der Waals surface area contributed by atoms with E-state index in [9.17, 15) is 4.79 Å². The summed E-state index contributed by atoms with van der Waals surface area (Å²) in [6.45, 7) is 3.69. The van der Waals surface area contributed by atoms with Crippen LogP contribution in [0.25, 0.3) is 0 Å². The Morgan fingerprint density at radius 1 is 1.50 bits per heavy atom. The number of carbonyl (C=O) groups is 1. The van der Waals surface area contributed by atoms with Crippen LogP contribution in [0.3, 0.4) is 0 Å². The second kappa shape index (κ2) is 2.86. The van der Waals surface area contributed by atoms with Crippen LogP contribution >= 0.6 is 0 Å². The van der Waals surface area contributed by atoms with Gasteiger partial charge in [0.2, 0.25) is 0 Å². The minimum Gasteiger partial charge on any atom is -0.491 e. The van der Waals surface area contributed by atoms with Crippen molar-refractivity contribution in [1.82, 2.24) is 0 Å². The zero-order valence-electron chi connectivity index (χ0n) is 6.44. The maximum atomic E-state index is 10.4. The number of allylic oxidation sites excluding steroid dienone is 2. The van der Waals surface area contributed by atoms with E-state index in [1.165, 1.54) is 12.5 Å². The highest BCUT2D eigenvalue weighted by Crippen LogP contribution is 2.31.